The first-order chi connectivity index (χ1) is 11.3. The maximum atomic E-state index is 12.8. The fourth-order valence-corrected chi connectivity index (χ4v) is 3.08. The van der Waals surface area contributed by atoms with Gasteiger partial charge < -0.3 is 14.0 Å². The lowest BCUT2D eigenvalue weighted by molar-refractivity contribution is 0.0714. The zero-order valence-corrected chi connectivity index (χ0v) is 12.6. The van der Waals surface area contributed by atoms with Gasteiger partial charge in [-0.05, 0) is 12.1 Å². The highest BCUT2D eigenvalue weighted by molar-refractivity contribution is 5.94. The Balaban J connectivity index is 1.59. The van der Waals surface area contributed by atoms with Gasteiger partial charge in [-0.25, -0.2) is 4.98 Å². The molecule has 118 valence electrons. The maximum absolute atomic E-state index is 12.8. The summed E-state index contributed by atoms with van der Waals surface area (Å²) in [5, 5.41) is 10.6. The third-order valence-corrected chi connectivity index (χ3v) is 4.31. The number of imidazole rings is 1. The molecule has 8 heteroatoms. The predicted octanol–water partition coefficient (Wildman–Crippen LogP) is 0.707. The second-order valence-corrected chi connectivity index (χ2v) is 5.60. The van der Waals surface area contributed by atoms with Crippen LogP contribution in [0.5, 0.6) is 0 Å². The molecule has 4 rings (SSSR count). The topological polar surface area (TPSA) is 88.4 Å². The van der Waals surface area contributed by atoms with Crippen molar-refractivity contribution < 1.29 is 9.53 Å². The second-order valence-electron chi connectivity index (χ2n) is 5.60. The van der Waals surface area contributed by atoms with Crippen molar-refractivity contribution in [2.75, 3.05) is 20.2 Å². The van der Waals surface area contributed by atoms with Crippen molar-refractivity contribution >= 4 is 11.6 Å². The summed E-state index contributed by atoms with van der Waals surface area (Å²) < 4.78 is 7.37. The number of ether oxygens (including phenoxy) is 1. The molecule has 1 fully saturated rings. The lowest BCUT2D eigenvalue weighted by Gasteiger charge is -2.16. The van der Waals surface area contributed by atoms with Gasteiger partial charge in [0.05, 0.1) is 29.5 Å². The molecule has 1 N–H and O–H groups in total. The molecule has 0 aliphatic carbocycles. The van der Waals surface area contributed by atoms with E-state index in [2.05, 4.69) is 20.4 Å². The first kappa shape index (κ1) is 13.9. The van der Waals surface area contributed by atoms with Crippen molar-refractivity contribution in [1.29, 1.82) is 0 Å². The zero-order chi connectivity index (χ0) is 15.8. The molecule has 8 nitrogen and oxygen atoms in total. The van der Waals surface area contributed by atoms with Gasteiger partial charge in [-0.2, -0.15) is 15.4 Å². The zero-order valence-electron chi connectivity index (χ0n) is 12.6. The van der Waals surface area contributed by atoms with Crippen LogP contribution in [0.1, 0.15) is 22.0 Å². The number of fused-ring (bicyclic) bond motifs is 1. The van der Waals surface area contributed by atoms with E-state index < -0.39 is 0 Å². The average molecular weight is 312 g/mol. The van der Waals surface area contributed by atoms with E-state index in [0.717, 1.165) is 11.3 Å². The minimum atomic E-state index is -0.0824. The van der Waals surface area contributed by atoms with Gasteiger partial charge in [0.15, 0.2) is 0 Å². The molecule has 0 bridgehead atoms. The number of hydrogen-bond donors (Lipinski definition) is 1. The Morgan fingerprint density at radius 2 is 2.30 bits per heavy atom. The summed E-state index contributed by atoms with van der Waals surface area (Å²) in [6.45, 7) is 1.10. The smallest absolute Gasteiger partial charge is 0.255 e. The highest BCUT2D eigenvalue weighted by Crippen LogP contribution is 2.28. The molecule has 0 radical (unpaired) electrons. The molecule has 4 heterocycles. The number of rotatable bonds is 3. The van der Waals surface area contributed by atoms with Gasteiger partial charge in [0, 0.05) is 38.8 Å². The summed E-state index contributed by atoms with van der Waals surface area (Å²) in [6, 6.07) is 3.64. The van der Waals surface area contributed by atoms with E-state index in [4.69, 9.17) is 4.74 Å². The van der Waals surface area contributed by atoms with E-state index in [0.29, 0.717) is 18.7 Å². The fourth-order valence-electron chi connectivity index (χ4n) is 3.08. The molecular formula is C15H16N6O2. The van der Waals surface area contributed by atoms with Crippen LogP contribution in [-0.4, -0.2) is 61.9 Å². The minimum absolute atomic E-state index is 0.0198. The predicted molar refractivity (Wildman–Crippen MR) is 81.0 cm³/mol. The Labute approximate surface area is 132 Å². The molecule has 1 aliphatic heterocycles. The molecule has 1 amide bonds. The Bertz CT molecular complexity index is 827. The fraction of sp³-hybridized carbons (Fsp3) is 0.333. The monoisotopic (exact) mass is 312 g/mol. The van der Waals surface area contributed by atoms with E-state index >= 15 is 0 Å². The van der Waals surface area contributed by atoms with Crippen LogP contribution >= 0.6 is 0 Å². The Morgan fingerprint density at radius 1 is 1.39 bits per heavy atom. The molecule has 1 aliphatic rings. The van der Waals surface area contributed by atoms with Crippen molar-refractivity contribution in [2.24, 2.45) is 0 Å². The molecule has 3 aromatic rings. The molecule has 23 heavy (non-hydrogen) atoms. The molecule has 3 aromatic heterocycles. The highest BCUT2D eigenvalue weighted by atomic mass is 16.5. The largest absolute Gasteiger partial charge is 0.379 e. The van der Waals surface area contributed by atoms with Gasteiger partial charge in [-0.15, -0.1) is 0 Å². The summed E-state index contributed by atoms with van der Waals surface area (Å²) in [6.07, 6.45) is 6.94. The Hall–Kier alpha value is -2.74. The van der Waals surface area contributed by atoms with Crippen molar-refractivity contribution in [2.45, 2.75) is 12.0 Å². The normalized spacial score (nSPS) is 21.2. The quantitative estimate of drug-likeness (QED) is 0.769. The van der Waals surface area contributed by atoms with Crippen LogP contribution in [0.15, 0.2) is 36.9 Å². The summed E-state index contributed by atoms with van der Waals surface area (Å²) in [7, 11) is 1.66. The van der Waals surface area contributed by atoms with Crippen LogP contribution in [-0.2, 0) is 4.74 Å². The van der Waals surface area contributed by atoms with Crippen LogP contribution in [0, 0.1) is 0 Å². The number of nitrogens with one attached hydrogen (secondary N) is 1. The number of likely N-dealkylation sites (tertiary alicyclic amines) is 1. The first-order valence-corrected chi connectivity index (χ1v) is 7.36. The molecule has 0 unspecified atom stereocenters. The number of aromatic amines is 1. The van der Waals surface area contributed by atoms with Gasteiger partial charge >= 0.3 is 0 Å². The molecule has 0 saturated carbocycles. The van der Waals surface area contributed by atoms with Crippen LogP contribution in [0.3, 0.4) is 0 Å². The van der Waals surface area contributed by atoms with Gasteiger partial charge in [-0.1, -0.05) is 0 Å². The van der Waals surface area contributed by atoms with E-state index in [1.165, 1.54) is 0 Å². The van der Waals surface area contributed by atoms with Crippen LogP contribution in [0.25, 0.3) is 5.65 Å². The summed E-state index contributed by atoms with van der Waals surface area (Å²) in [4.78, 5) is 18.8. The summed E-state index contributed by atoms with van der Waals surface area (Å²) in [5.41, 5.74) is 2.27. The van der Waals surface area contributed by atoms with Crippen molar-refractivity contribution in [3.8, 4) is 0 Å². The van der Waals surface area contributed by atoms with E-state index in [1.807, 2.05) is 16.7 Å². The highest BCUT2D eigenvalue weighted by Gasteiger charge is 2.38. The Morgan fingerprint density at radius 3 is 3.09 bits per heavy atom. The molecule has 1 saturated heterocycles. The Kier molecular flexibility index (Phi) is 3.30. The molecule has 0 aromatic carbocycles. The third kappa shape index (κ3) is 2.36. The van der Waals surface area contributed by atoms with E-state index in [-0.39, 0.29) is 17.9 Å². The van der Waals surface area contributed by atoms with Crippen LogP contribution in [0.4, 0.5) is 0 Å². The number of H-pyrrole nitrogens is 1. The number of aromatic nitrogens is 5. The van der Waals surface area contributed by atoms with Crippen molar-refractivity contribution in [3.63, 3.8) is 0 Å². The number of methoxy groups -OCH3 is 1. The average Bonchev–Trinajstić information content (AvgIpc) is 3.31. The number of nitrogens with zero attached hydrogens (tertiary/aromatic N) is 5. The lowest BCUT2D eigenvalue weighted by Crippen LogP contribution is -2.30. The maximum Gasteiger partial charge on any atom is 0.255 e. The van der Waals surface area contributed by atoms with Gasteiger partial charge in [-0.3, -0.25) is 4.79 Å². The molecule has 0 spiro atoms. The summed E-state index contributed by atoms with van der Waals surface area (Å²) in [5.74, 6) is 0.00770. The minimum Gasteiger partial charge on any atom is -0.379 e. The number of pyridine rings is 1. The third-order valence-electron chi connectivity index (χ3n) is 4.31. The molecular weight excluding hydrogens is 296 g/mol. The van der Waals surface area contributed by atoms with Crippen LogP contribution < -0.4 is 0 Å². The standard InChI is InChI=1S/C15H16N6O2/c1-23-13-9-21(8-11(13)12-6-17-19-18-12)15(22)10-2-3-14-16-4-5-20(14)7-10/h2-7,11,13H,8-9H2,1H3,(H,17,18,19)/t11-,13+/m0/s1. The van der Waals surface area contributed by atoms with Gasteiger partial charge in [0.1, 0.15) is 5.65 Å². The van der Waals surface area contributed by atoms with E-state index in [9.17, 15) is 4.79 Å². The first-order valence-electron chi connectivity index (χ1n) is 7.36. The van der Waals surface area contributed by atoms with Crippen molar-refractivity contribution in [1.82, 2.24) is 29.7 Å². The molecule has 2 atom stereocenters. The van der Waals surface area contributed by atoms with Crippen LogP contribution in [0.2, 0.25) is 0 Å². The summed E-state index contributed by atoms with van der Waals surface area (Å²) >= 11 is 0. The second kappa shape index (κ2) is 5.47. The van der Waals surface area contributed by atoms with Gasteiger partial charge in [0.25, 0.3) is 5.91 Å². The number of carbonyl (C=O) groups excluding carboxylic acids is 1. The van der Waals surface area contributed by atoms with Crippen molar-refractivity contribution in [3.05, 3.63) is 48.2 Å². The SMILES string of the molecule is CO[C@@H]1CN(C(=O)c2ccc3nccn3c2)C[C@H]1c1cn[nH]n1. The number of amides is 1. The number of carbonyl (C=O) groups is 1. The number of hydrogen-bond acceptors (Lipinski definition) is 5. The van der Waals surface area contributed by atoms with E-state index in [1.54, 1.807) is 36.7 Å². The lowest BCUT2D eigenvalue weighted by atomic mass is 10.0. The van der Waals surface area contributed by atoms with Gasteiger partial charge in [0.2, 0.25) is 0 Å².